The van der Waals surface area contributed by atoms with Crippen LogP contribution in [0.3, 0.4) is 0 Å². The zero-order chi connectivity index (χ0) is 16.4. The van der Waals surface area contributed by atoms with Gasteiger partial charge in [0.15, 0.2) is 0 Å². The van der Waals surface area contributed by atoms with Crippen molar-refractivity contribution < 1.29 is 9.21 Å². The average molecular weight is 329 g/mol. The Labute approximate surface area is 138 Å². The molecule has 0 unspecified atom stereocenters. The van der Waals surface area contributed by atoms with Gasteiger partial charge in [-0.1, -0.05) is 18.2 Å². The summed E-state index contributed by atoms with van der Waals surface area (Å²) >= 11 is 1.58. The molecule has 0 fully saturated rings. The Kier molecular flexibility index (Phi) is 4.34. The molecule has 5 nitrogen and oxygen atoms in total. The average Bonchev–Trinajstić information content (AvgIpc) is 3.12. The molecule has 1 atom stereocenters. The molecule has 0 aliphatic heterocycles. The molecule has 6 heteroatoms. The molecule has 2 aromatic heterocycles. The van der Waals surface area contributed by atoms with Crippen molar-refractivity contribution in [2.45, 2.75) is 26.4 Å². The first-order valence-corrected chi connectivity index (χ1v) is 8.32. The van der Waals surface area contributed by atoms with E-state index in [4.69, 9.17) is 4.42 Å². The van der Waals surface area contributed by atoms with Crippen LogP contribution in [0.25, 0.3) is 11.0 Å². The molecule has 2 amide bonds. The Morgan fingerprint density at radius 2 is 2.22 bits per heavy atom. The lowest BCUT2D eigenvalue weighted by molar-refractivity contribution is 0.200. The van der Waals surface area contributed by atoms with Crippen molar-refractivity contribution >= 4 is 28.3 Å². The maximum atomic E-state index is 12.3. The minimum Gasteiger partial charge on any atom is -0.459 e. The van der Waals surface area contributed by atoms with Crippen molar-refractivity contribution in [2.75, 3.05) is 7.05 Å². The highest BCUT2D eigenvalue weighted by Crippen LogP contribution is 2.20. The van der Waals surface area contributed by atoms with Gasteiger partial charge in [-0.15, -0.1) is 11.3 Å². The highest BCUT2D eigenvalue weighted by Gasteiger charge is 2.16. The van der Waals surface area contributed by atoms with Gasteiger partial charge in [0, 0.05) is 17.8 Å². The third-order valence-corrected chi connectivity index (χ3v) is 4.43. The van der Waals surface area contributed by atoms with Gasteiger partial charge in [0.2, 0.25) is 0 Å². The van der Waals surface area contributed by atoms with Gasteiger partial charge in [-0.05, 0) is 26.0 Å². The fourth-order valence-corrected chi connectivity index (χ4v) is 3.07. The van der Waals surface area contributed by atoms with Gasteiger partial charge in [0.05, 0.1) is 23.3 Å². The monoisotopic (exact) mass is 329 g/mol. The number of rotatable bonds is 4. The van der Waals surface area contributed by atoms with Crippen LogP contribution in [0.1, 0.15) is 29.4 Å². The van der Waals surface area contributed by atoms with Crippen LogP contribution < -0.4 is 5.32 Å². The van der Waals surface area contributed by atoms with E-state index >= 15 is 0 Å². The molecule has 0 aliphatic carbocycles. The molecule has 23 heavy (non-hydrogen) atoms. The number of nitrogens with one attached hydrogen (secondary N) is 1. The van der Waals surface area contributed by atoms with E-state index in [0.29, 0.717) is 6.54 Å². The van der Waals surface area contributed by atoms with Gasteiger partial charge in [-0.2, -0.15) is 0 Å². The standard InChI is InChI=1S/C17H19N3O2S/c1-11(15-10-23-12(2)19-15)18-17(21)20(3)9-14-8-13-6-4-5-7-16(13)22-14/h4-8,10-11H,9H2,1-3H3,(H,18,21)/t11-/m1/s1. The van der Waals surface area contributed by atoms with Gasteiger partial charge in [0.25, 0.3) is 0 Å². The summed E-state index contributed by atoms with van der Waals surface area (Å²) in [6.45, 7) is 4.31. The number of urea groups is 1. The molecule has 0 radical (unpaired) electrons. The Hall–Kier alpha value is -2.34. The van der Waals surface area contributed by atoms with Crippen LogP contribution in [0.4, 0.5) is 4.79 Å². The lowest BCUT2D eigenvalue weighted by atomic mass is 10.2. The molecular weight excluding hydrogens is 310 g/mol. The van der Waals surface area contributed by atoms with Crippen LogP contribution in [-0.4, -0.2) is 23.0 Å². The summed E-state index contributed by atoms with van der Waals surface area (Å²) in [5.74, 6) is 0.765. The largest absolute Gasteiger partial charge is 0.459 e. The number of para-hydroxylation sites is 1. The Morgan fingerprint density at radius 3 is 2.91 bits per heavy atom. The Morgan fingerprint density at radius 1 is 1.43 bits per heavy atom. The van der Waals surface area contributed by atoms with Crippen LogP contribution in [0.2, 0.25) is 0 Å². The van der Waals surface area contributed by atoms with Gasteiger partial charge in [-0.25, -0.2) is 9.78 Å². The third kappa shape index (κ3) is 3.53. The number of amides is 2. The van der Waals surface area contributed by atoms with Crippen LogP contribution >= 0.6 is 11.3 Å². The summed E-state index contributed by atoms with van der Waals surface area (Å²) in [7, 11) is 1.75. The van der Waals surface area contributed by atoms with Gasteiger partial charge < -0.3 is 14.6 Å². The van der Waals surface area contributed by atoms with Crippen molar-refractivity contribution in [3.63, 3.8) is 0 Å². The highest BCUT2D eigenvalue weighted by atomic mass is 32.1. The number of thiazole rings is 1. The Balaban J connectivity index is 1.63. The molecule has 2 heterocycles. The number of nitrogens with zero attached hydrogens (tertiary/aromatic N) is 2. The van der Waals surface area contributed by atoms with E-state index in [-0.39, 0.29) is 12.1 Å². The van der Waals surface area contributed by atoms with Crippen LogP contribution in [-0.2, 0) is 6.54 Å². The van der Waals surface area contributed by atoms with Gasteiger partial charge in [-0.3, -0.25) is 0 Å². The number of hydrogen-bond donors (Lipinski definition) is 1. The third-order valence-electron chi connectivity index (χ3n) is 3.64. The first kappa shape index (κ1) is 15.6. The maximum Gasteiger partial charge on any atom is 0.318 e. The zero-order valence-electron chi connectivity index (χ0n) is 13.4. The molecule has 1 N–H and O–H groups in total. The molecule has 3 rings (SSSR count). The van der Waals surface area contributed by atoms with E-state index in [9.17, 15) is 4.79 Å². The first-order valence-electron chi connectivity index (χ1n) is 7.44. The fourth-order valence-electron chi connectivity index (χ4n) is 2.37. The van der Waals surface area contributed by atoms with E-state index in [1.807, 2.05) is 49.6 Å². The normalized spacial score (nSPS) is 12.3. The summed E-state index contributed by atoms with van der Waals surface area (Å²) in [6.07, 6.45) is 0. The predicted octanol–water partition coefficient (Wildman–Crippen LogP) is 4.10. The van der Waals surface area contributed by atoms with Crippen molar-refractivity contribution in [1.82, 2.24) is 15.2 Å². The molecule has 0 saturated carbocycles. The van der Waals surface area contributed by atoms with Crippen molar-refractivity contribution in [2.24, 2.45) is 0 Å². The Bertz CT molecular complexity index is 791. The quantitative estimate of drug-likeness (QED) is 0.784. The molecule has 0 bridgehead atoms. The number of furan rings is 1. The SMILES string of the molecule is Cc1nc([C@@H](C)NC(=O)N(C)Cc2cc3ccccc3o2)cs1. The van der Waals surface area contributed by atoms with Crippen molar-refractivity contribution in [3.8, 4) is 0 Å². The zero-order valence-corrected chi connectivity index (χ0v) is 14.2. The number of carbonyl (C=O) groups is 1. The second-order valence-electron chi connectivity index (χ2n) is 5.57. The smallest absolute Gasteiger partial charge is 0.318 e. The lowest BCUT2D eigenvalue weighted by Gasteiger charge is -2.19. The van der Waals surface area contributed by atoms with E-state index in [0.717, 1.165) is 27.4 Å². The number of aromatic nitrogens is 1. The fraction of sp³-hybridized carbons (Fsp3) is 0.294. The van der Waals surface area contributed by atoms with Gasteiger partial charge >= 0.3 is 6.03 Å². The maximum absolute atomic E-state index is 12.3. The topological polar surface area (TPSA) is 58.4 Å². The second kappa shape index (κ2) is 6.42. The number of fused-ring (bicyclic) bond motifs is 1. The first-order chi connectivity index (χ1) is 11.0. The molecule has 1 aromatic carbocycles. The summed E-state index contributed by atoms with van der Waals surface area (Å²) in [5.41, 5.74) is 1.72. The van der Waals surface area contributed by atoms with E-state index in [1.165, 1.54) is 0 Å². The second-order valence-corrected chi connectivity index (χ2v) is 6.63. The van der Waals surface area contributed by atoms with Crippen molar-refractivity contribution in [3.05, 3.63) is 52.2 Å². The lowest BCUT2D eigenvalue weighted by Crippen LogP contribution is -2.38. The summed E-state index contributed by atoms with van der Waals surface area (Å²) < 4.78 is 5.75. The predicted molar refractivity (Wildman–Crippen MR) is 91.5 cm³/mol. The molecule has 3 aromatic rings. The number of hydrogen-bond acceptors (Lipinski definition) is 4. The highest BCUT2D eigenvalue weighted by molar-refractivity contribution is 7.09. The number of aryl methyl sites for hydroxylation is 1. The van der Waals surface area contributed by atoms with Crippen LogP contribution in [0, 0.1) is 6.92 Å². The number of benzene rings is 1. The molecule has 120 valence electrons. The summed E-state index contributed by atoms with van der Waals surface area (Å²) in [4.78, 5) is 18.3. The van der Waals surface area contributed by atoms with E-state index in [1.54, 1.807) is 23.3 Å². The van der Waals surface area contributed by atoms with E-state index in [2.05, 4.69) is 10.3 Å². The summed E-state index contributed by atoms with van der Waals surface area (Å²) in [5, 5.41) is 6.97. The number of carbonyl (C=O) groups excluding carboxylic acids is 1. The molecular formula is C17H19N3O2S. The van der Waals surface area contributed by atoms with Gasteiger partial charge in [0.1, 0.15) is 11.3 Å². The van der Waals surface area contributed by atoms with Crippen molar-refractivity contribution in [1.29, 1.82) is 0 Å². The van der Waals surface area contributed by atoms with Crippen LogP contribution in [0.15, 0.2) is 40.1 Å². The molecule has 0 saturated heterocycles. The summed E-state index contributed by atoms with van der Waals surface area (Å²) in [6, 6.07) is 9.51. The minimum atomic E-state index is -0.149. The minimum absolute atomic E-state index is 0.120. The van der Waals surface area contributed by atoms with Crippen LogP contribution in [0.5, 0.6) is 0 Å². The van der Waals surface area contributed by atoms with E-state index < -0.39 is 0 Å². The molecule has 0 aliphatic rings. The molecule has 0 spiro atoms.